The van der Waals surface area contributed by atoms with Gasteiger partial charge < -0.3 is 15.0 Å². The zero-order chi connectivity index (χ0) is 11.9. The highest BCUT2D eigenvalue weighted by Crippen LogP contribution is 2.37. The summed E-state index contributed by atoms with van der Waals surface area (Å²) in [5.41, 5.74) is -0.112. The molecule has 0 aromatic rings. The molecule has 17 heavy (non-hydrogen) atoms. The molecule has 1 amide bonds. The Bertz CT molecular complexity index is 311. The molecule has 3 rings (SSSR count). The van der Waals surface area contributed by atoms with Crippen molar-refractivity contribution >= 4 is 5.91 Å². The summed E-state index contributed by atoms with van der Waals surface area (Å²) in [6.45, 7) is 5.46. The van der Waals surface area contributed by atoms with Crippen LogP contribution in [0.25, 0.3) is 0 Å². The van der Waals surface area contributed by atoms with Gasteiger partial charge in [-0.2, -0.15) is 0 Å². The Kier molecular flexibility index (Phi) is 2.87. The largest absolute Gasteiger partial charge is 0.363 e. The number of amides is 1. The molecule has 0 aromatic carbocycles. The molecule has 0 radical (unpaired) electrons. The standard InChI is InChI=1S/C13H22N2O2/c1-13(10-4-6-14-7-5-10)9-15(11-2-3-11)12(16)8-17-13/h10-11,14H,2-9H2,1H3. The van der Waals surface area contributed by atoms with Crippen molar-refractivity contribution in [2.75, 3.05) is 26.2 Å². The molecule has 1 unspecified atom stereocenters. The first-order chi connectivity index (χ1) is 8.19. The van der Waals surface area contributed by atoms with E-state index in [1.807, 2.05) is 0 Å². The molecule has 3 fully saturated rings. The highest BCUT2D eigenvalue weighted by Gasteiger charge is 2.46. The maximum absolute atomic E-state index is 11.8. The Morgan fingerprint density at radius 3 is 2.65 bits per heavy atom. The molecular weight excluding hydrogens is 216 g/mol. The van der Waals surface area contributed by atoms with E-state index in [2.05, 4.69) is 17.1 Å². The molecule has 1 N–H and O–H groups in total. The van der Waals surface area contributed by atoms with E-state index in [0.717, 1.165) is 19.6 Å². The average Bonchev–Trinajstić information content (AvgIpc) is 3.18. The molecule has 3 aliphatic rings. The Hall–Kier alpha value is -0.610. The molecule has 1 aliphatic carbocycles. The molecule has 2 saturated heterocycles. The molecule has 4 heteroatoms. The number of morpholine rings is 1. The fourth-order valence-corrected chi connectivity index (χ4v) is 3.18. The SMILES string of the molecule is CC1(C2CCNCC2)CN(C2CC2)C(=O)CO1. The van der Waals surface area contributed by atoms with E-state index in [1.165, 1.54) is 25.7 Å². The van der Waals surface area contributed by atoms with Gasteiger partial charge in [-0.25, -0.2) is 0 Å². The first-order valence-electron chi connectivity index (χ1n) is 6.83. The Balaban J connectivity index is 1.70. The fraction of sp³-hybridized carbons (Fsp3) is 0.923. The predicted molar refractivity (Wildman–Crippen MR) is 64.7 cm³/mol. The lowest BCUT2D eigenvalue weighted by Crippen LogP contribution is -2.58. The Morgan fingerprint density at radius 1 is 1.29 bits per heavy atom. The summed E-state index contributed by atoms with van der Waals surface area (Å²) in [6, 6.07) is 0.521. The second-order valence-electron chi connectivity index (χ2n) is 5.88. The van der Waals surface area contributed by atoms with Crippen LogP contribution in [0.3, 0.4) is 0 Å². The van der Waals surface area contributed by atoms with Crippen molar-refractivity contribution in [3.05, 3.63) is 0 Å². The lowest BCUT2D eigenvalue weighted by molar-refractivity contribution is -0.172. The second-order valence-corrected chi connectivity index (χ2v) is 5.88. The summed E-state index contributed by atoms with van der Waals surface area (Å²) in [5.74, 6) is 0.789. The van der Waals surface area contributed by atoms with Gasteiger partial charge in [0, 0.05) is 6.04 Å². The van der Waals surface area contributed by atoms with Crippen LogP contribution >= 0.6 is 0 Å². The molecule has 1 atom stereocenters. The summed E-state index contributed by atoms with van der Waals surface area (Å²) in [6.07, 6.45) is 4.72. The highest BCUT2D eigenvalue weighted by molar-refractivity contribution is 5.79. The summed E-state index contributed by atoms with van der Waals surface area (Å²) >= 11 is 0. The minimum Gasteiger partial charge on any atom is -0.363 e. The Labute approximate surface area is 103 Å². The lowest BCUT2D eigenvalue weighted by atomic mass is 9.81. The maximum Gasteiger partial charge on any atom is 0.248 e. The third-order valence-corrected chi connectivity index (χ3v) is 4.52. The van der Waals surface area contributed by atoms with E-state index in [9.17, 15) is 4.79 Å². The minimum absolute atomic E-state index is 0.112. The zero-order valence-electron chi connectivity index (χ0n) is 10.6. The molecule has 0 bridgehead atoms. The second kappa shape index (κ2) is 4.25. The van der Waals surface area contributed by atoms with E-state index < -0.39 is 0 Å². The third kappa shape index (κ3) is 2.20. The number of carbonyl (C=O) groups is 1. The van der Waals surface area contributed by atoms with Crippen LogP contribution in [0.15, 0.2) is 0 Å². The first kappa shape index (κ1) is 11.5. The van der Waals surface area contributed by atoms with Crippen molar-refractivity contribution < 1.29 is 9.53 Å². The number of hydrogen-bond donors (Lipinski definition) is 1. The van der Waals surface area contributed by atoms with Gasteiger partial charge in [0.2, 0.25) is 5.91 Å². The van der Waals surface area contributed by atoms with Crippen molar-refractivity contribution in [3.63, 3.8) is 0 Å². The van der Waals surface area contributed by atoms with Crippen molar-refractivity contribution in [2.45, 2.75) is 44.2 Å². The van der Waals surface area contributed by atoms with Crippen LogP contribution in [0.1, 0.15) is 32.6 Å². The van der Waals surface area contributed by atoms with Gasteiger partial charge in [-0.1, -0.05) is 0 Å². The number of hydrogen-bond acceptors (Lipinski definition) is 3. The maximum atomic E-state index is 11.8. The number of rotatable bonds is 2. The lowest BCUT2D eigenvalue weighted by Gasteiger charge is -2.46. The van der Waals surface area contributed by atoms with Gasteiger partial charge in [-0.3, -0.25) is 4.79 Å². The van der Waals surface area contributed by atoms with E-state index in [1.54, 1.807) is 0 Å². The van der Waals surface area contributed by atoms with Crippen LogP contribution < -0.4 is 5.32 Å². The van der Waals surface area contributed by atoms with Crippen molar-refractivity contribution in [2.24, 2.45) is 5.92 Å². The smallest absolute Gasteiger partial charge is 0.248 e. The number of nitrogens with zero attached hydrogens (tertiary/aromatic N) is 1. The quantitative estimate of drug-likeness (QED) is 0.772. The summed E-state index contributed by atoms with van der Waals surface area (Å²) in [4.78, 5) is 13.9. The van der Waals surface area contributed by atoms with Gasteiger partial charge in [0.15, 0.2) is 0 Å². The summed E-state index contributed by atoms with van der Waals surface area (Å²) in [7, 11) is 0. The average molecular weight is 238 g/mol. The number of ether oxygens (including phenoxy) is 1. The van der Waals surface area contributed by atoms with Gasteiger partial charge in [-0.15, -0.1) is 0 Å². The normalized spacial score (nSPS) is 36.3. The van der Waals surface area contributed by atoms with E-state index >= 15 is 0 Å². The third-order valence-electron chi connectivity index (χ3n) is 4.52. The van der Waals surface area contributed by atoms with Crippen LogP contribution in [0.5, 0.6) is 0 Å². The Morgan fingerprint density at radius 2 is 2.00 bits per heavy atom. The number of carbonyl (C=O) groups excluding carboxylic acids is 1. The van der Waals surface area contributed by atoms with Gasteiger partial charge in [0.25, 0.3) is 0 Å². The molecule has 0 spiro atoms. The number of nitrogens with one attached hydrogen (secondary N) is 1. The summed E-state index contributed by atoms with van der Waals surface area (Å²) in [5, 5.41) is 3.39. The minimum atomic E-state index is -0.112. The molecule has 96 valence electrons. The van der Waals surface area contributed by atoms with Gasteiger partial charge in [0.1, 0.15) is 6.61 Å². The van der Waals surface area contributed by atoms with E-state index in [0.29, 0.717) is 12.0 Å². The molecule has 4 nitrogen and oxygen atoms in total. The van der Waals surface area contributed by atoms with E-state index in [-0.39, 0.29) is 18.1 Å². The number of piperidine rings is 1. The van der Waals surface area contributed by atoms with Crippen LogP contribution in [0, 0.1) is 5.92 Å². The van der Waals surface area contributed by atoms with Crippen LogP contribution in [0.2, 0.25) is 0 Å². The molecule has 2 heterocycles. The monoisotopic (exact) mass is 238 g/mol. The zero-order valence-corrected chi connectivity index (χ0v) is 10.6. The van der Waals surface area contributed by atoms with Crippen molar-refractivity contribution in [1.82, 2.24) is 10.2 Å². The molecule has 1 saturated carbocycles. The van der Waals surface area contributed by atoms with Crippen LogP contribution in [-0.2, 0) is 9.53 Å². The topological polar surface area (TPSA) is 41.6 Å². The predicted octanol–water partition coefficient (Wildman–Crippen LogP) is 0.766. The van der Waals surface area contributed by atoms with E-state index in [4.69, 9.17) is 4.74 Å². The summed E-state index contributed by atoms with van der Waals surface area (Å²) < 4.78 is 5.91. The van der Waals surface area contributed by atoms with Gasteiger partial charge in [-0.05, 0) is 51.6 Å². The van der Waals surface area contributed by atoms with Gasteiger partial charge in [0.05, 0.1) is 12.1 Å². The van der Waals surface area contributed by atoms with Crippen LogP contribution in [-0.4, -0.2) is 48.7 Å². The van der Waals surface area contributed by atoms with Gasteiger partial charge >= 0.3 is 0 Å². The fourth-order valence-electron chi connectivity index (χ4n) is 3.18. The molecule has 0 aromatic heterocycles. The van der Waals surface area contributed by atoms with Crippen molar-refractivity contribution in [1.29, 1.82) is 0 Å². The first-order valence-corrected chi connectivity index (χ1v) is 6.83. The highest BCUT2D eigenvalue weighted by atomic mass is 16.5. The van der Waals surface area contributed by atoms with Crippen LogP contribution in [0.4, 0.5) is 0 Å². The van der Waals surface area contributed by atoms with Crippen molar-refractivity contribution in [3.8, 4) is 0 Å². The molecule has 2 aliphatic heterocycles. The molecular formula is C13H22N2O2.